The summed E-state index contributed by atoms with van der Waals surface area (Å²) in [5.41, 5.74) is 14.4. The molecule has 1 aliphatic carbocycles. The van der Waals surface area contributed by atoms with Crippen LogP contribution in [0.15, 0.2) is 176 Å². The first-order chi connectivity index (χ1) is 27.0. The molecule has 0 aliphatic heterocycles. The van der Waals surface area contributed by atoms with Crippen LogP contribution < -0.4 is 0 Å². The van der Waals surface area contributed by atoms with Crippen LogP contribution in [0.25, 0.3) is 94.8 Å². The van der Waals surface area contributed by atoms with Gasteiger partial charge in [-0.05, 0) is 70.8 Å². The van der Waals surface area contributed by atoms with Crippen molar-refractivity contribution in [3.63, 3.8) is 0 Å². The van der Waals surface area contributed by atoms with Gasteiger partial charge in [-0.15, -0.1) is 0 Å². The summed E-state index contributed by atoms with van der Waals surface area (Å²) in [6, 6.07) is 61.0. The molecule has 0 spiro atoms. The predicted octanol–water partition coefficient (Wildman–Crippen LogP) is 13.0. The van der Waals surface area contributed by atoms with E-state index in [0.717, 1.165) is 39.2 Å². The molecule has 11 rings (SSSR count). The smallest absolute Gasteiger partial charge is 0.235 e. The summed E-state index contributed by atoms with van der Waals surface area (Å²) in [6.45, 7) is 4.47. The lowest BCUT2D eigenvalue weighted by Gasteiger charge is -2.20. The number of allylic oxidation sites excluding steroid dienone is 1. The van der Waals surface area contributed by atoms with E-state index in [0.29, 0.717) is 5.95 Å². The third-order valence-corrected chi connectivity index (χ3v) is 11.4. The van der Waals surface area contributed by atoms with E-state index in [1.54, 1.807) is 0 Å². The summed E-state index contributed by atoms with van der Waals surface area (Å²) < 4.78 is 4.62. The van der Waals surface area contributed by atoms with Crippen molar-refractivity contribution in [2.75, 3.05) is 0 Å². The van der Waals surface area contributed by atoms with Crippen molar-refractivity contribution in [3.05, 3.63) is 187 Å². The van der Waals surface area contributed by atoms with Crippen molar-refractivity contribution < 1.29 is 0 Å². The van der Waals surface area contributed by atoms with Gasteiger partial charge in [-0.3, -0.25) is 4.57 Å². The highest BCUT2D eigenvalue weighted by molar-refractivity contribution is 6.12. The first-order valence-electron chi connectivity index (χ1n) is 18.9. The van der Waals surface area contributed by atoms with Crippen LogP contribution in [-0.2, 0) is 5.41 Å². The summed E-state index contributed by atoms with van der Waals surface area (Å²) in [7, 11) is 0. The van der Waals surface area contributed by atoms with Crippen LogP contribution in [-0.4, -0.2) is 19.1 Å². The van der Waals surface area contributed by atoms with E-state index in [-0.39, 0.29) is 5.41 Å². The molecular formula is C51H36N4. The van der Waals surface area contributed by atoms with Gasteiger partial charge in [0, 0.05) is 43.8 Å². The number of fused-ring (bicyclic) bond motifs is 7. The molecule has 1 aliphatic rings. The van der Waals surface area contributed by atoms with Crippen molar-refractivity contribution in [3.8, 4) is 45.1 Å². The normalized spacial score (nSPS) is 13.3. The molecule has 55 heavy (non-hydrogen) atoms. The molecule has 3 aromatic heterocycles. The Labute approximate surface area is 319 Å². The number of benzene rings is 7. The maximum atomic E-state index is 5.39. The number of nitrogens with zero attached hydrogens (tertiary/aromatic N) is 4. The van der Waals surface area contributed by atoms with Gasteiger partial charge in [0.2, 0.25) is 5.95 Å². The highest BCUT2D eigenvalue weighted by Crippen LogP contribution is 2.42. The summed E-state index contributed by atoms with van der Waals surface area (Å²) in [5, 5.41) is 4.84. The summed E-state index contributed by atoms with van der Waals surface area (Å²) in [4.78, 5) is 10.8. The Balaban J connectivity index is 1.08. The van der Waals surface area contributed by atoms with Crippen molar-refractivity contribution >= 4 is 49.7 Å². The molecule has 10 aromatic rings. The Bertz CT molecular complexity index is 3150. The molecule has 3 heterocycles. The van der Waals surface area contributed by atoms with Crippen molar-refractivity contribution in [2.45, 2.75) is 19.3 Å². The Morgan fingerprint density at radius 1 is 0.418 bits per heavy atom. The Hall–Kier alpha value is -7.04. The quantitative estimate of drug-likeness (QED) is 0.179. The van der Waals surface area contributed by atoms with Crippen LogP contribution in [0.2, 0.25) is 0 Å². The number of hydrogen-bond acceptors (Lipinski definition) is 2. The fraction of sp³-hybridized carbons (Fsp3) is 0.0588. The minimum absolute atomic E-state index is 0.222. The van der Waals surface area contributed by atoms with Gasteiger partial charge < -0.3 is 4.57 Å². The zero-order valence-electron chi connectivity index (χ0n) is 30.6. The van der Waals surface area contributed by atoms with Crippen LogP contribution in [0, 0.1) is 0 Å². The topological polar surface area (TPSA) is 35.6 Å². The minimum atomic E-state index is -0.222. The Morgan fingerprint density at radius 3 is 1.56 bits per heavy atom. The van der Waals surface area contributed by atoms with Crippen LogP contribution in [0.1, 0.15) is 25.1 Å². The lowest BCUT2D eigenvalue weighted by molar-refractivity contribution is 0.651. The average molecular weight is 705 g/mol. The van der Waals surface area contributed by atoms with E-state index in [9.17, 15) is 0 Å². The summed E-state index contributed by atoms with van der Waals surface area (Å²) >= 11 is 0. The number of para-hydroxylation sites is 3. The molecule has 260 valence electrons. The van der Waals surface area contributed by atoms with Gasteiger partial charge in [-0.2, -0.15) is 0 Å². The fourth-order valence-electron chi connectivity index (χ4n) is 8.62. The monoisotopic (exact) mass is 704 g/mol. The van der Waals surface area contributed by atoms with Crippen LogP contribution in [0.5, 0.6) is 0 Å². The first kappa shape index (κ1) is 31.5. The molecule has 4 nitrogen and oxygen atoms in total. The van der Waals surface area contributed by atoms with Gasteiger partial charge >= 0.3 is 0 Å². The maximum Gasteiger partial charge on any atom is 0.235 e. The molecule has 0 amide bonds. The molecule has 0 saturated heterocycles. The third-order valence-electron chi connectivity index (χ3n) is 11.4. The van der Waals surface area contributed by atoms with Gasteiger partial charge in [0.15, 0.2) is 0 Å². The van der Waals surface area contributed by atoms with Crippen molar-refractivity contribution in [2.24, 2.45) is 0 Å². The molecule has 0 radical (unpaired) electrons. The van der Waals surface area contributed by atoms with E-state index in [4.69, 9.17) is 9.97 Å². The highest BCUT2D eigenvalue weighted by Gasteiger charge is 2.31. The SMILES string of the molecule is CC1(C)C=Cc2c(-c3ccc(-c4ccccc4)cc3)nc(-n3c4ccccc4c4cc(-c5ccc6c(c5)c5ccccc5n6-c5ccccc5)ccc43)nc21. The van der Waals surface area contributed by atoms with Crippen LogP contribution in [0.3, 0.4) is 0 Å². The Kier molecular flexibility index (Phi) is 6.86. The van der Waals surface area contributed by atoms with E-state index in [1.165, 1.54) is 54.8 Å². The van der Waals surface area contributed by atoms with Gasteiger partial charge in [0.25, 0.3) is 0 Å². The maximum absolute atomic E-state index is 5.39. The van der Waals surface area contributed by atoms with Gasteiger partial charge in [-0.1, -0.05) is 147 Å². The molecule has 0 bridgehead atoms. The zero-order valence-corrected chi connectivity index (χ0v) is 30.6. The molecule has 0 fully saturated rings. The van der Waals surface area contributed by atoms with Crippen LogP contribution >= 0.6 is 0 Å². The van der Waals surface area contributed by atoms with E-state index in [1.807, 2.05) is 0 Å². The second kappa shape index (κ2) is 12.0. The van der Waals surface area contributed by atoms with Gasteiger partial charge in [0.05, 0.1) is 33.5 Å². The fourth-order valence-corrected chi connectivity index (χ4v) is 8.62. The molecule has 0 N–H and O–H groups in total. The minimum Gasteiger partial charge on any atom is -0.309 e. The Morgan fingerprint density at radius 2 is 0.909 bits per heavy atom. The molecule has 4 heteroatoms. The lowest BCUT2D eigenvalue weighted by Crippen LogP contribution is -2.16. The zero-order chi connectivity index (χ0) is 36.7. The highest BCUT2D eigenvalue weighted by atomic mass is 15.2. The number of rotatable bonds is 5. The second-order valence-electron chi connectivity index (χ2n) is 15.1. The van der Waals surface area contributed by atoms with E-state index in [2.05, 4.69) is 205 Å². The second-order valence-corrected chi connectivity index (χ2v) is 15.1. The van der Waals surface area contributed by atoms with Crippen molar-refractivity contribution in [1.82, 2.24) is 19.1 Å². The summed E-state index contributed by atoms with van der Waals surface area (Å²) in [5.74, 6) is 0.687. The van der Waals surface area contributed by atoms with Crippen LogP contribution in [0.4, 0.5) is 0 Å². The summed E-state index contributed by atoms with van der Waals surface area (Å²) in [6.07, 6.45) is 4.45. The lowest BCUT2D eigenvalue weighted by atomic mass is 9.91. The molecule has 0 unspecified atom stereocenters. The number of aromatic nitrogens is 4. The van der Waals surface area contributed by atoms with Crippen molar-refractivity contribution in [1.29, 1.82) is 0 Å². The molecule has 0 atom stereocenters. The standard InChI is InChI=1S/C51H36N4/c1-51(2)30-29-41-48(35-23-21-34(22-24-35)33-13-5-3-6-14-33)52-50(53-49(41)51)55-45-20-12-10-18-40(45)43-32-37(26-28-47(43)55)36-25-27-46-42(31-36)39-17-9-11-19-44(39)54(46)38-15-7-4-8-16-38/h3-32H,1-2H3. The van der Waals surface area contributed by atoms with Gasteiger partial charge in [0.1, 0.15) is 0 Å². The predicted molar refractivity (Wildman–Crippen MR) is 229 cm³/mol. The first-order valence-corrected chi connectivity index (χ1v) is 18.9. The van der Waals surface area contributed by atoms with E-state index < -0.39 is 0 Å². The molecule has 7 aromatic carbocycles. The van der Waals surface area contributed by atoms with Gasteiger partial charge in [-0.25, -0.2) is 9.97 Å². The molecule has 0 saturated carbocycles. The largest absolute Gasteiger partial charge is 0.309 e. The molecular weight excluding hydrogens is 669 g/mol. The average Bonchev–Trinajstić information content (AvgIpc) is 3.87. The third kappa shape index (κ3) is 4.92. The van der Waals surface area contributed by atoms with E-state index >= 15 is 0 Å². The number of hydrogen-bond donors (Lipinski definition) is 0.